The van der Waals surface area contributed by atoms with Gasteiger partial charge in [-0.3, -0.25) is 19.6 Å². The van der Waals surface area contributed by atoms with Crippen molar-refractivity contribution in [2.45, 2.75) is 65.0 Å². The lowest BCUT2D eigenvalue weighted by Crippen LogP contribution is -2.52. The molecular weight excluding hydrogens is 888 g/mol. The molecule has 3 atom stereocenters. The number of nitrogens with zero attached hydrogens (tertiary/aromatic N) is 15. The first-order valence-electron chi connectivity index (χ1n) is 22.6. The van der Waals surface area contributed by atoms with Crippen LogP contribution in [0.2, 0.25) is 0 Å². The Balaban J connectivity index is 0.00000980. The quantitative estimate of drug-likeness (QED) is 0.0260. The normalized spacial score (nSPS) is 15.3. The van der Waals surface area contributed by atoms with E-state index in [1.54, 1.807) is 15.6 Å². The molecule has 3 aromatic heterocycles. The number of hydrogen-bond acceptors (Lipinski definition) is 17. The second kappa shape index (κ2) is 28.2. The number of aryl methyl sites for hydroxylation is 2. The lowest BCUT2D eigenvalue weighted by molar-refractivity contribution is -0.137. The third kappa shape index (κ3) is 16.9. The molecule has 370 valence electrons. The van der Waals surface area contributed by atoms with Gasteiger partial charge in [-0.2, -0.15) is 15.0 Å². The van der Waals surface area contributed by atoms with Gasteiger partial charge in [0.2, 0.25) is 29.7 Å². The summed E-state index contributed by atoms with van der Waals surface area (Å²) in [6.45, 7) is 13.6. The largest absolute Gasteiger partial charge is 0.377 e. The van der Waals surface area contributed by atoms with E-state index in [0.29, 0.717) is 149 Å². The fraction of sp³-hybridized carbons (Fsp3) is 0.683. The van der Waals surface area contributed by atoms with Gasteiger partial charge in [0.05, 0.1) is 44.4 Å². The minimum Gasteiger partial charge on any atom is -0.377 e. The van der Waals surface area contributed by atoms with Gasteiger partial charge in [-0.15, -0.1) is 29.0 Å². The van der Waals surface area contributed by atoms with Crippen LogP contribution in [0.1, 0.15) is 63.5 Å². The van der Waals surface area contributed by atoms with Gasteiger partial charge in [0.25, 0.3) is 0 Å². The predicted octanol–water partition coefficient (Wildman–Crippen LogP) is -1.17. The van der Waals surface area contributed by atoms with Crippen LogP contribution < -0.4 is 38.1 Å². The Hall–Kier alpha value is -6.10. The van der Waals surface area contributed by atoms with Gasteiger partial charge >= 0.3 is 0 Å². The van der Waals surface area contributed by atoms with E-state index >= 15 is 0 Å². The number of nitrogens with one attached hydrogen (secondary N) is 1. The fourth-order valence-electron chi connectivity index (χ4n) is 7.30. The Bertz CT molecular complexity index is 2050. The number of piperazine rings is 2. The Morgan fingerprint density at radius 2 is 1.22 bits per heavy atom. The Morgan fingerprint density at radius 1 is 0.731 bits per heavy atom. The van der Waals surface area contributed by atoms with Gasteiger partial charge in [-0.25, -0.2) is 9.36 Å². The summed E-state index contributed by atoms with van der Waals surface area (Å²) in [5.74, 6) is 3.85. The number of carbonyl (C=O) groups is 2. The molecule has 0 aliphatic carbocycles. The van der Waals surface area contributed by atoms with Crippen molar-refractivity contribution in [3.8, 4) is 12.3 Å². The molecule has 0 spiro atoms. The van der Waals surface area contributed by atoms with Crippen LogP contribution in [0.5, 0.6) is 0 Å². The first kappa shape index (κ1) is 53.5. The summed E-state index contributed by atoms with van der Waals surface area (Å²) in [6, 6.07) is -1.04. The van der Waals surface area contributed by atoms with Crippen molar-refractivity contribution in [2.75, 3.05) is 127 Å². The predicted molar refractivity (Wildman–Crippen MR) is 256 cm³/mol. The molecule has 0 unspecified atom stereocenters. The van der Waals surface area contributed by atoms with Crippen molar-refractivity contribution in [3.05, 3.63) is 23.8 Å². The van der Waals surface area contributed by atoms with Crippen LogP contribution in [0.15, 0.2) is 22.4 Å². The van der Waals surface area contributed by atoms with Crippen LogP contribution in [-0.4, -0.2) is 190 Å². The summed E-state index contributed by atoms with van der Waals surface area (Å²) in [6.07, 6.45) is 12.3. The molecule has 0 aromatic carbocycles. The Labute approximate surface area is 398 Å². The standard InChI is InChI=1S/C41H68N20O5.ClH/c1-5-22-64-24-26-66-27-25-65-23-13-48-39-49-40(58-18-14-56(15-19-58)35(62)31(4)60-28-32(52-54-60)9-7-11-46-37(42)43)51-41(50-39)59-20-16-57(17-21-59)36(63)34(30(3)6-2)61-29-33(53-55-61)10-8-12-47-38(44)45;/h1,28-31,34H,6-27H2,2-4H3,(H4,42,43,46)(H4,44,45,47)(H,48,49,50,51);1H/t30-,31-,34-;/m0./s1. The van der Waals surface area contributed by atoms with E-state index in [2.05, 4.69) is 65.5 Å². The minimum absolute atomic E-state index is 0. The molecule has 3 aromatic rings. The van der Waals surface area contributed by atoms with Gasteiger partial charge in [-0.1, -0.05) is 36.6 Å². The van der Waals surface area contributed by atoms with Crippen LogP contribution >= 0.6 is 12.4 Å². The number of aliphatic imine (C=N–C) groups is 2. The number of anilines is 3. The number of carbonyl (C=O) groups excluding carboxylic acids is 2. The monoisotopic (exact) mass is 957 g/mol. The molecule has 2 amide bonds. The topological polar surface area (TPSA) is 316 Å². The first-order valence-corrected chi connectivity index (χ1v) is 22.6. The third-order valence-corrected chi connectivity index (χ3v) is 11.2. The summed E-state index contributed by atoms with van der Waals surface area (Å²) in [5.41, 5.74) is 23.3. The Kier molecular flexibility index (Phi) is 22.5. The molecular formula is C41H69ClN20O5. The molecule has 0 radical (unpaired) electrons. The van der Waals surface area contributed by atoms with Gasteiger partial charge in [0.1, 0.15) is 18.7 Å². The smallest absolute Gasteiger partial charge is 0.247 e. The van der Waals surface area contributed by atoms with Gasteiger partial charge in [0, 0.05) is 84.4 Å². The van der Waals surface area contributed by atoms with Crippen LogP contribution in [0.4, 0.5) is 17.8 Å². The van der Waals surface area contributed by atoms with Gasteiger partial charge in [-0.05, 0) is 38.5 Å². The average molecular weight is 958 g/mol. The second-order valence-corrected chi connectivity index (χ2v) is 16.0. The number of halogens is 1. The summed E-state index contributed by atoms with van der Waals surface area (Å²) in [5, 5.41) is 20.5. The molecule has 25 nitrogen and oxygen atoms in total. The molecule has 67 heavy (non-hydrogen) atoms. The average Bonchev–Trinajstić information content (AvgIpc) is 4.00. The maximum absolute atomic E-state index is 14.2. The summed E-state index contributed by atoms with van der Waals surface area (Å²) in [4.78, 5) is 58.3. The zero-order valence-corrected chi connectivity index (χ0v) is 39.8. The van der Waals surface area contributed by atoms with E-state index < -0.39 is 12.1 Å². The number of terminal acetylenes is 1. The summed E-state index contributed by atoms with van der Waals surface area (Å²) < 4.78 is 19.8. The highest BCUT2D eigenvalue weighted by molar-refractivity contribution is 5.85. The van der Waals surface area contributed by atoms with Crippen LogP contribution in [0.3, 0.4) is 0 Å². The molecule has 0 bridgehead atoms. The SMILES string of the molecule is C#CCOCCOCCOCCNc1nc(N2CCN(C(=O)[C@H]([C@@H](C)CC)n3cc(CCCN=C(N)N)nn3)CC2)nc(N2CCN(C(=O)[C@H](C)n3cc(CCCN=C(N)N)nn3)CC2)n1.Cl. The van der Waals surface area contributed by atoms with E-state index in [1.165, 1.54) is 0 Å². The number of ether oxygens (including phenoxy) is 3. The van der Waals surface area contributed by atoms with E-state index in [4.69, 9.17) is 58.5 Å². The lowest BCUT2D eigenvalue weighted by atomic mass is 9.97. The van der Waals surface area contributed by atoms with Crippen molar-refractivity contribution in [2.24, 2.45) is 38.8 Å². The zero-order chi connectivity index (χ0) is 47.3. The molecule has 2 saturated heterocycles. The molecule has 2 aliphatic rings. The number of rotatable bonds is 27. The number of guanidine groups is 2. The maximum atomic E-state index is 14.2. The van der Waals surface area contributed by atoms with Crippen LogP contribution in [0.25, 0.3) is 0 Å². The van der Waals surface area contributed by atoms with Gasteiger partial charge < -0.3 is 62.1 Å². The van der Waals surface area contributed by atoms with Crippen molar-refractivity contribution < 1.29 is 23.8 Å². The number of nitrogens with two attached hydrogens (primary N) is 4. The minimum atomic E-state index is -0.538. The number of amides is 2. The van der Waals surface area contributed by atoms with E-state index in [-0.39, 0.29) is 48.7 Å². The van der Waals surface area contributed by atoms with E-state index in [1.807, 2.05) is 22.9 Å². The van der Waals surface area contributed by atoms with Gasteiger partial charge in [0.15, 0.2) is 11.9 Å². The van der Waals surface area contributed by atoms with Crippen molar-refractivity contribution >= 4 is 54.0 Å². The van der Waals surface area contributed by atoms with Crippen molar-refractivity contribution in [1.82, 2.24) is 54.7 Å². The summed E-state index contributed by atoms with van der Waals surface area (Å²) in [7, 11) is 0. The highest BCUT2D eigenvalue weighted by atomic mass is 35.5. The lowest BCUT2D eigenvalue weighted by Gasteiger charge is -2.38. The maximum Gasteiger partial charge on any atom is 0.247 e. The second-order valence-electron chi connectivity index (χ2n) is 16.0. The van der Waals surface area contributed by atoms with E-state index in [0.717, 1.165) is 17.8 Å². The molecule has 2 fully saturated rings. The zero-order valence-electron chi connectivity index (χ0n) is 39.0. The Morgan fingerprint density at radius 3 is 1.75 bits per heavy atom. The highest BCUT2D eigenvalue weighted by Gasteiger charge is 2.34. The third-order valence-electron chi connectivity index (χ3n) is 11.2. The van der Waals surface area contributed by atoms with Crippen LogP contribution in [-0.2, 0) is 36.6 Å². The number of aromatic nitrogens is 9. The molecule has 5 heterocycles. The van der Waals surface area contributed by atoms with Crippen molar-refractivity contribution in [1.29, 1.82) is 0 Å². The van der Waals surface area contributed by atoms with E-state index in [9.17, 15) is 9.59 Å². The molecule has 2 aliphatic heterocycles. The van der Waals surface area contributed by atoms with Crippen LogP contribution in [0, 0.1) is 18.3 Å². The molecule has 0 saturated carbocycles. The van der Waals surface area contributed by atoms with Crippen molar-refractivity contribution in [3.63, 3.8) is 0 Å². The molecule has 26 heteroatoms. The molecule has 5 rings (SSSR count). The fourth-order valence-corrected chi connectivity index (χ4v) is 7.30. The highest BCUT2D eigenvalue weighted by Crippen LogP contribution is 2.26. The first-order chi connectivity index (χ1) is 32.0. The summed E-state index contributed by atoms with van der Waals surface area (Å²) >= 11 is 0. The number of hydrogen-bond donors (Lipinski definition) is 5. The molecule has 9 N–H and O–H groups in total.